The molecule has 2 N–H and O–H groups in total. The summed E-state index contributed by atoms with van der Waals surface area (Å²) in [6, 6.07) is 8.72. The summed E-state index contributed by atoms with van der Waals surface area (Å²) in [6.07, 6.45) is 8.01. The fraction of sp³-hybridized carbons (Fsp3) is 0.370. The summed E-state index contributed by atoms with van der Waals surface area (Å²) < 4.78 is 19.5. The molecule has 2 amide bonds. The Balaban J connectivity index is 1.90. The molecule has 0 atom stereocenters. The van der Waals surface area contributed by atoms with E-state index in [0.717, 1.165) is 36.1 Å². The minimum atomic E-state index is -1.64. The van der Waals surface area contributed by atoms with Crippen molar-refractivity contribution >= 4 is 23.6 Å². The topological polar surface area (TPSA) is 83.6 Å². The Bertz CT molecular complexity index is 1120. The largest absolute Gasteiger partial charge is 0.383 e. The molecule has 0 spiro atoms. The molecule has 2 aromatic rings. The second kappa shape index (κ2) is 11.8. The Labute approximate surface area is 206 Å². The number of rotatable bonds is 9. The number of methoxy groups -OCH3 is 1. The summed E-state index contributed by atoms with van der Waals surface area (Å²) >= 11 is 0. The average molecular weight is 481 g/mol. The predicted molar refractivity (Wildman–Crippen MR) is 135 cm³/mol. The molecule has 1 aliphatic heterocycles. The number of amides is 2. The zero-order valence-electron chi connectivity index (χ0n) is 20.7. The number of aromatic nitrogens is 1. The van der Waals surface area contributed by atoms with Crippen LogP contribution in [0.4, 0.5) is 10.1 Å². The summed E-state index contributed by atoms with van der Waals surface area (Å²) in [5, 5.41) is 5.73. The van der Waals surface area contributed by atoms with Crippen molar-refractivity contribution in [2.75, 3.05) is 32.1 Å². The van der Waals surface area contributed by atoms with Crippen LogP contribution in [0.15, 0.2) is 54.5 Å². The highest BCUT2D eigenvalue weighted by Crippen LogP contribution is 2.28. The number of halogens is 1. The van der Waals surface area contributed by atoms with Crippen molar-refractivity contribution in [2.45, 2.75) is 39.3 Å². The quantitative estimate of drug-likeness (QED) is 0.514. The molecule has 0 aliphatic carbocycles. The zero-order valence-corrected chi connectivity index (χ0v) is 20.7. The highest BCUT2D eigenvalue weighted by atomic mass is 19.1. The van der Waals surface area contributed by atoms with Crippen LogP contribution in [0.3, 0.4) is 0 Å². The third-order valence-electron chi connectivity index (χ3n) is 5.84. The van der Waals surface area contributed by atoms with Crippen molar-refractivity contribution in [2.24, 2.45) is 0 Å². The van der Waals surface area contributed by atoms with Crippen LogP contribution in [0.25, 0.3) is 5.57 Å². The number of hydrogen-bond donors (Lipinski definition) is 2. The summed E-state index contributed by atoms with van der Waals surface area (Å²) in [5.74, 6) is 0.360. The lowest BCUT2D eigenvalue weighted by molar-refractivity contribution is -0.109. The van der Waals surface area contributed by atoms with Gasteiger partial charge in [0, 0.05) is 37.6 Å². The van der Waals surface area contributed by atoms with Gasteiger partial charge in [-0.05, 0) is 80.7 Å². The Kier molecular flexibility index (Phi) is 8.76. The van der Waals surface area contributed by atoms with E-state index in [-0.39, 0.29) is 11.6 Å². The molecular formula is C27H33FN4O3. The van der Waals surface area contributed by atoms with Gasteiger partial charge < -0.3 is 20.3 Å². The minimum Gasteiger partial charge on any atom is -0.383 e. The number of anilines is 1. The van der Waals surface area contributed by atoms with E-state index in [0.29, 0.717) is 36.6 Å². The van der Waals surface area contributed by atoms with Gasteiger partial charge in [0.1, 0.15) is 11.5 Å². The van der Waals surface area contributed by atoms with Gasteiger partial charge in [0.2, 0.25) is 6.41 Å². The monoisotopic (exact) mass is 480 g/mol. The highest BCUT2D eigenvalue weighted by Gasteiger charge is 2.22. The van der Waals surface area contributed by atoms with E-state index in [9.17, 15) is 14.0 Å². The molecule has 1 aromatic carbocycles. The van der Waals surface area contributed by atoms with Gasteiger partial charge >= 0.3 is 0 Å². The molecule has 2 heterocycles. The first-order valence-corrected chi connectivity index (χ1v) is 11.7. The molecule has 0 fully saturated rings. The third kappa shape index (κ3) is 6.99. The average Bonchev–Trinajstić information content (AvgIpc) is 2.81. The summed E-state index contributed by atoms with van der Waals surface area (Å²) in [7, 11) is 1.65. The number of aryl methyl sites for hydroxylation is 1. The van der Waals surface area contributed by atoms with Gasteiger partial charge in [0.05, 0.1) is 12.3 Å². The number of benzene rings is 1. The Morgan fingerprint density at radius 2 is 2.09 bits per heavy atom. The maximum atomic E-state index is 14.3. The van der Waals surface area contributed by atoms with Crippen molar-refractivity contribution in [1.29, 1.82) is 0 Å². The summed E-state index contributed by atoms with van der Waals surface area (Å²) in [6.45, 7) is 6.83. The number of carbonyl (C=O) groups is 2. The second-order valence-electron chi connectivity index (χ2n) is 8.96. The van der Waals surface area contributed by atoms with Crippen molar-refractivity contribution in [3.05, 3.63) is 76.9 Å². The maximum absolute atomic E-state index is 14.3. The van der Waals surface area contributed by atoms with E-state index >= 15 is 0 Å². The van der Waals surface area contributed by atoms with Gasteiger partial charge in [-0.1, -0.05) is 12.1 Å². The van der Waals surface area contributed by atoms with Gasteiger partial charge in [-0.15, -0.1) is 0 Å². The normalized spacial score (nSPS) is 17.3. The van der Waals surface area contributed by atoms with Crippen molar-refractivity contribution in [3.8, 4) is 0 Å². The molecule has 1 aromatic heterocycles. The number of nitrogens with zero attached hydrogens (tertiary/aromatic N) is 2. The minimum absolute atomic E-state index is 0.202. The summed E-state index contributed by atoms with van der Waals surface area (Å²) in [5.41, 5.74) is 2.44. The molecule has 0 unspecified atom stereocenters. The fourth-order valence-electron chi connectivity index (χ4n) is 3.88. The van der Waals surface area contributed by atoms with Crippen LogP contribution in [-0.4, -0.2) is 49.0 Å². The van der Waals surface area contributed by atoms with Gasteiger partial charge in [0.25, 0.3) is 5.91 Å². The van der Waals surface area contributed by atoms with Gasteiger partial charge in [-0.2, -0.15) is 0 Å². The number of carbonyl (C=O) groups excluding carboxylic acids is 2. The molecule has 186 valence electrons. The first kappa shape index (κ1) is 26.1. The number of nitrogens with one attached hydrogen (secondary N) is 2. The molecule has 7 nitrogen and oxygen atoms in total. The van der Waals surface area contributed by atoms with Gasteiger partial charge in [-0.3, -0.25) is 14.6 Å². The smallest absolute Gasteiger partial charge is 0.255 e. The highest BCUT2D eigenvalue weighted by molar-refractivity contribution is 6.04. The van der Waals surface area contributed by atoms with E-state index in [4.69, 9.17) is 4.74 Å². The first-order valence-electron chi connectivity index (χ1n) is 11.7. The molecule has 35 heavy (non-hydrogen) atoms. The van der Waals surface area contributed by atoms with E-state index in [1.165, 1.54) is 26.1 Å². The van der Waals surface area contributed by atoms with Crippen LogP contribution in [0.5, 0.6) is 0 Å². The van der Waals surface area contributed by atoms with Crippen molar-refractivity contribution in [3.63, 3.8) is 0 Å². The molecule has 1 aliphatic rings. The standard InChI is InChI=1S/C27H33FN4O3/c1-19-8-9-22(31-26(34)21-10-11-29-24(15-21)27(2,3)28)17-23(19)20-7-5-6-12-32(13-14-35-4)25(16-20)30-18-33/h7-11,15-18H,5-6,12-14H2,1-4H3,(H,30,33)(H,31,34)/b20-7+,25-16+. The molecule has 0 saturated carbocycles. The number of allylic oxidation sites excluding steroid dienone is 3. The van der Waals surface area contributed by atoms with Crippen LogP contribution < -0.4 is 10.6 Å². The summed E-state index contributed by atoms with van der Waals surface area (Å²) in [4.78, 5) is 30.3. The van der Waals surface area contributed by atoms with E-state index < -0.39 is 5.67 Å². The lowest BCUT2D eigenvalue weighted by Crippen LogP contribution is -2.35. The molecular weight excluding hydrogens is 447 g/mol. The SMILES string of the molecule is COCCN1CCC/C=C(c2cc(NC(=O)c3ccnc(C(C)(C)F)c3)ccc2C)\C=C\1NC=O. The van der Waals surface area contributed by atoms with Crippen molar-refractivity contribution < 1.29 is 18.7 Å². The zero-order chi connectivity index (χ0) is 25.4. The number of hydrogen-bond acceptors (Lipinski definition) is 5. The van der Waals surface area contributed by atoms with Crippen LogP contribution in [-0.2, 0) is 15.2 Å². The molecule has 0 saturated heterocycles. The lowest BCUT2D eigenvalue weighted by atomic mass is 9.97. The maximum Gasteiger partial charge on any atom is 0.255 e. The second-order valence-corrected chi connectivity index (χ2v) is 8.96. The van der Waals surface area contributed by atoms with Crippen LogP contribution in [0, 0.1) is 6.92 Å². The van der Waals surface area contributed by atoms with E-state index in [1.807, 2.05) is 31.2 Å². The molecule has 0 radical (unpaired) electrons. The molecule has 8 heteroatoms. The molecule has 0 bridgehead atoms. The van der Waals surface area contributed by atoms with Crippen LogP contribution in [0.1, 0.15) is 53.9 Å². The van der Waals surface area contributed by atoms with Gasteiger partial charge in [-0.25, -0.2) is 4.39 Å². The Morgan fingerprint density at radius 1 is 1.29 bits per heavy atom. The fourth-order valence-corrected chi connectivity index (χ4v) is 3.88. The first-order chi connectivity index (χ1) is 16.7. The van der Waals surface area contributed by atoms with E-state index in [2.05, 4.69) is 26.6 Å². The number of ether oxygens (including phenoxy) is 1. The van der Waals surface area contributed by atoms with Crippen LogP contribution >= 0.6 is 0 Å². The van der Waals surface area contributed by atoms with Gasteiger partial charge in [0.15, 0.2) is 0 Å². The van der Waals surface area contributed by atoms with Crippen molar-refractivity contribution in [1.82, 2.24) is 15.2 Å². The third-order valence-corrected chi connectivity index (χ3v) is 5.84. The Morgan fingerprint density at radius 3 is 2.80 bits per heavy atom. The lowest BCUT2D eigenvalue weighted by Gasteiger charge is -2.28. The molecule has 3 rings (SSSR count). The number of pyridine rings is 1. The Hall–Kier alpha value is -3.52. The van der Waals surface area contributed by atoms with E-state index in [1.54, 1.807) is 13.2 Å². The van der Waals surface area contributed by atoms with Crippen LogP contribution in [0.2, 0.25) is 0 Å². The predicted octanol–water partition coefficient (Wildman–Crippen LogP) is 4.56. The number of alkyl halides is 1.